The van der Waals surface area contributed by atoms with E-state index in [-0.39, 0.29) is 5.82 Å². The summed E-state index contributed by atoms with van der Waals surface area (Å²) in [6.07, 6.45) is 4.06. The molecule has 0 bridgehead atoms. The van der Waals surface area contributed by atoms with Crippen LogP contribution in [0.5, 0.6) is 0 Å². The Labute approximate surface area is 95.4 Å². The molecule has 0 saturated heterocycles. The Kier molecular flexibility index (Phi) is 4.87. The lowest BCUT2D eigenvalue weighted by atomic mass is 10.2. The quantitative estimate of drug-likeness (QED) is 0.339. The summed E-state index contributed by atoms with van der Waals surface area (Å²) in [7, 11) is 0. The zero-order valence-electron chi connectivity index (χ0n) is 7.90. The number of rotatable bonds is 4. The smallest absolute Gasteiger partial charge is 0.130 e. The Morgan fingerprint density at radius 1 is 1.53 bits per heavy atom. The van der Waals surface area contributed by atoms with Gasteiger partial charge in [0.1, 0.15) is 5.82 Å². The van der Waals surface area contributed by atoms with E-state index < -0.39 is 0 Å². The summed E-state index contributed by atoms with van der Waals surface area (Å²) >= 11 is 3.26. The molecule has 0 spiro atoms. The second-order valence-electron chi connectivity index (χ2n) is 2.81. The molecule has 5 heteroatoms. The van der Waals surface area contributed by atoms with Crippen LogP contribution in [0.25, 0.3) is 16.5 Å². The Balaban J connectivity index is 2.63. The molecule has 0 N–H and O–H groups in total. The molecular weight excluding hydrogens is 261 g/mol. The van der Waals surface area contributed by atoms with Crippen LogP contribution in [-0.2, 0) is 0 Å². The first kappa shape index (κ1) is 11.8. The molecule has 1 rings (SSSR count). The molecule has 0 atom stereocenters. The van der Waals surface area contributed by atoms with E-state index in [0.717, 1.165) is 4.47 Å². The number of benzene rings is 1. The lowest BCUT2D eigenvalue weighted by Crippen LogP contribution is -1.81. The summed E-state index contributed by atoms with van der Waals surface area (Å²) in [5, 5.41) is 3.37. The molecule has 0 aliphatic heterocycles. The third-order valence-electron chi connectivity index (χ3n) is 1.71. The summed E-state index contributed by atoms with van der Waals surface area (Å²) in [6, 6.07) is 4.74. The molecule has 3 nitrogen and oxygen atoms in total. The van der Waals surface area contributed by atoms with Crippen molar-refractivity contribution < 1.29 is 4.39 Å². The van der Waals surface area contributed by atoms with Crippen molar-refractivity contribution in [2.75, 3.05) is 6.54 Å². The van der Waals surface area contributed by atoms with E-state index in [9.17, 15) is 4.39 Å². The maximum atomic E-state index is 13.2. The van der Waals surface area contributed by atoms with Gasteiger partial charge in [-0.3, -0.25) is 0 Å². The van der Waals surface area contributed by atoms with E-state index in [2.05, 4.69) is 26.0 Å². The molecule has 0 fully saturated rings. The fourth-order valence-electron chi connectivity index (χ4n) is 1.03. The highest BCUT2D eigenvalue weighted by atomic mass is 79.9. The van der Waals surface area contributed by atoms with Crippen LogP contribution in [-0.4, -0.2) is 6.54 Å². The van der Waals surface area contributed by atoms with Gasteiger partial charge in [0, 0.05) is 21.5 Å². The normalized spacial score (nSPS) is 10.3. The molecule has 1 aromatic carbocycles. The van der Waals surface area contributed by atoms with Crippen molar-refractivity contribution in [1.82, 2.24) is 0 Å². The molecule has 0 unspecified atom stereocenters. The second kappa shape index (κ2) is 6.22. The van der Waals surface area contributed by atoms with Gasteiger partial charge in [0.15, 0.2) is 0 Å². The second-order valence-corrected chi connectivity index (χ2v) is 3.73. The monoisotopic (exact) mass is 269 g/mol. The minimum atomic E-state index is -0.266. The average molecular weight is 270 g/mol. The van der Waals surface area contributed by atoms with Crippen LogP contribution in [0.4, 0.5) is 4.39 Å². The van der Waals surface area contributed by atoms with Crippen LogP contribution in [0.3, 0.4) is 0 Å². The largest absolute Gasteiger partial charge is 0.206 e. The van der Waals surface area contributed by atoms with Crippen LogP contribution < -0.4 is 0 Å². The van der Waals surface area contributed by atoms with Gasteiger partial charge in [-0.25, -0.2) is 4.39 Å². The Morgan fingerprint density at radius 3 is 3.07 bits per heavy atom. The van der Waals surface area contributed by atoms with Crippen LogP contribution in [0.2, 0.25) is 0 Å². The van der Waals surface area contributed by atoms with E-state index in [1.807, 2.05) is 0 Å². The van der Waals surface area contributed by atoms with Gasteiger partial charge in [-0.05, 0) is 30.2 Å². The van der Waals surface area contributed by atoms with E-state index >= 15 is 0 Å². The first-order chi connectivity index (χ1) is 7.24. The van der Waals surface area contributed by atoms with Crippen LogP contribution in [0.15, 0.2) is 33.9 Å². The standard InChI is InChI=1S/C10H9BrFN3/c11-9-4-5-10(12)8(7-9)3-1-2-6-14-15-13/h1,3-5,7H,2,6H2. The molecular formula is C10H9BrFN3. The topological polar surface area (TPSA) is 48.8 Å². The molecule has 0 saturated carbocycles. The van der Waals surface area contributed by atoms with E-state index in [1.54, 1.807) is 24.3 Å². The van der Waals surface area contributed by atoms with Gasteiger partial charge in [-0.1, -0.05) is 33.2 Å². The predicted octanol–water partition coefficient (Wildman–Crippen LogP) is 4.30. The SMILES string of the molecule is [N-]=[N+]=NCCC=Cc1cc(Br)ccc1F. The third kappa shape index (κ3) is 4.14. The van der Waals surface area contributed by atoms with Crippen molar-refractivity contribution in [1.29, 1.82) is 0 Å². The highest BCUT2D eigenvalue weighted by Gasteiger charge is 1.97. The molecule has 0 aromatic heterocycles. The average Bonchev–Trinajstić information content (AvgIpc) is 2.23. The van der Waals surface area contributed by atoms with Crippen molar-refractivity contribution >= 4 is 22.0 Å². The zero-order valence-corrected chi connectivity index (χ0v) is 9.48. The lowest BCUT2D eigenvalue weighted by Gasteiger charge is -1.97. The molecule has 0 radical (unpaired) electrons. The summed E-state index contributed by atoms with van der Waals surface area (Å²) < 4.78 is 14.0. The molecule has 78 valence electrons. The molecule has 0 amide bonds. The molecule has 0 heterocycles. The van der Waals surface area contributed by atoms with Crippen LogP contribution >= 0.6 is 15.9 Å². The molecule has 1 aromatic rings. The molecule has 0 aliphatic carbocycles. The fraction of sp³-hybridized carbons (Fsp3) is 0.200. The highest BCUT2D eigenvalue weighted by Crippen LogP contribution is 2.16. The molecule has 15 heavy (non-hydrogen) atoms. The van der Waals surface area contributed by atoms with Crippen LogP contribution in [0.1, 0.15) is 12.0 Å². The maximum absolute atomic E-state index is 13.2. The van der Waals surface area contributed by atoms with Gasteiger partial charge in [0.05, 0.1) is 0 Å². The van der Waals surface area contributed by atoms with Crippen molar-refractivity contribution in [3.8, 4) is 0 Å². The van der Waals surface area contributed by atoms with Gasteiger partial charge in [0.2, 0.25) is 0 Å². The predicted molar refractivity (Wildman–Crippen MR) is 61.8 cm³/mol. The highest BCUT2D eigenvalue weighted by molar-refractivity contribution is 9.10. The van der Waals surface area contributed by atoms with Crippen molar-refractivity contribution in [3.63, 3.8) is 0 Å². The summed E-state index contributed by atoms with van der Waals surface area (Å²) in [4.78, 5) is 2.62. The number of hydrogen-bond acceptors (Lipinski definition) is 1. The number of halogens is 2. The Bertz CT molecular complexity index is 411. The first-order valence-corrected chi connectivity index (χ1v) is 5.16. The Hall–Kier alpha value is -1.32. The van der Waals surface area contributed by atoms with Crippen molar-refractivity contribution in [2.24, 2.45) is 5.11 Å². The number of nitrogens with zero attached hydrogens (tertiary/aromatic N) is 3. The summed E-state index contributed by atoms with van der Waals surface area (Å²) in [5.41, 5.74) is 8.55. The van der Waals surface area contributed by atoms with E-state index in [0.29, 0.717) is 18.5 Å². The minimum Gasteiger partial charge on any atom is -0.206 e. The lowest BCUT2D eigenvalue weighted by molar-refractivity contribution is 0.624. The first-order valence-electron chi connectivity index (χ1n) is 4.36. The third-order valence-corrected chi connectivity index (χ3v) is 2.21. The van der Waals surface area contributed by atoms with E-state index in [4.69, 9.17) is 5.53 Å². The number of hydrogen-bond donors (Lipinski definition) is 0. The van der Waals surface area contributed by atoms with Gasteiger partial charge < -0.3 is 0 Å². The van der Waals surface area contributed by atoms with Gasteiger partial charge >= 0.3 is 0 Å². The fourth-order valence-corrected chi connectivity index (χ4v) is 1.41. The van der Waals surface area contributed by atoms with Gasteiger partial charge in [-0.15, -0.1) is 0 Å². The summed E-state index contributed by atoms with van der Waals surface area (Å²) in [6.45, 7) is 0.391. The Morgan fingerprint density at radius 2 is 2.33 bits per heavy atom. The number of azide groups is 1. The van der Waals surface area contributed by atoms with Crippen molar-refractivity contribution in [2.45, 2.75) is 6.42 Å². The minimum absolute atomic E-state index is 0.266. The zero-order chi connectivity index (χ0) is 11.1. The van der Waals surface area contributed by atoms with Gasteiger partial charge in [-0.2, -0.15) is 0 Å². The van der Waals surface area contributed by atoms with Gasteiger partial charge in [0.25, 0.3) is 0 Å². The van der Waals surface area contributed by atoms with Crippen LogP contribution in [0, 0.1) is 5.82 Å². The van der Waals surface area contributed by atoms with E-state index in [1.165, 1.54) is 6.07 Å². The molecule has 0 aliphatic rings. The van der Waals surface area contributed by atoms with Crippen molar-refractivity contribution in [3.05, 3.63) is 50.6 Å². The summed E-state index contributed by atoms with van der Waals surface area (Å²) in [5.74, 6) is -0.266. The maximum Gasteiger partial charge on any atom is 0.130 e.